The first-order valence-electron chi connectivity index (χ1n) is 10.1. The van der Waals surface area contributed by atoms with E-state index in [0.29, 0.717) is 12.0 Å². The highest BCUT2D eigenvalue weighted by molar-refractivity contribution is 6.33. The average molecular weight is 497 g/mol. The van der Waals surface area contributed by atoms with Gasteiger partial charge in [-0.1, -0.05) is 37.6 Å². The molecule has 3 nitrogen and oxygen atoms in total. The second-order valence-electron chi connectivity index (χ2n) is 7.79. The van der Waals surface area contributed by atoms with Gasteiger partial charge in [-0.2, -0.15) is 26.3 Å². The number of rotatable bonds is 8. The molecule has 0 N–H and O–H groups in total. The van der Waals surface area contributed by atoms with E-state index in [1.165, 1.54) is 12.1 Å². The molecule has 2 aromatic rings. The Kier molecular flexibility index (Phi) is 8.68. The number of ether oxygens (including phenoxy) is 2. The quantitative estimate of drug-likeness (QED) is 0.278. The number of carbonyl (C=O) groups is 1. The SMILES string of the molecule is CCOC(=O)C(CC(C)C)c1cc(Cl)c(-c2ccc(C(F)(F)F)cc2)c(OCC(F)(F)F)c1. The molecule has 0 aliphatic rings. The number of esters is 1. The van der Waals surface area contributed by atoms with E-state index in [-0.39, 0.29) is 34.4 Å². The molecule has 2 aromatic carbocycles. The monoisotopic (exact) mass is 496 g/mol. The number of hydrogen-bond donors (Lipinski definition) is 0. The van der Waals surface area contributed by atoms with Gasteiger partial charge in [0.1, 0.15) is 5.75 Å². The minimum atomic E-state index is -4.67. The summed E-state index contributed by atoms with van der Waals surface area (Å²) in [7, 11) is 0. The molecule has 0 bridgehead atoms. The van der Waals surface area contributed by atoms with E-state index in [1.54, 1.807) is 6.92 Å². The van der Waals surface area contributed by atoms with Crippen molar-refractivity contribution in [1.82, 2.24) is 0 Å². The van der Waals surface area contributed by atoms with Crippen LogP contribution >= 0.6 is 11.6 Å². The van der Waals surface area contributed by atoms with Crippen LogP contribution in [0.15, 0.2) is 36.4 Å². The van der Waals surface area contributed by atoms with E-state index in [1.807, 2.05) is 13.8 Å². The van der Waals surface area contributed by atoms with Crippen LogP contribution in [0.4, 0.5) is 26.3 Å². The Balaban J connectivity index is 2.61. The Labute approximate surface area is 192 Å². The number of halogens is 7. The van der Waals surface area contributed by atoms with Gasteiger partial charge in [0.25, 0.3) is 0 Å². The first-order valence-corrected chi connectivity index (χ1v) is 10.5. The van der Waals surface area contributed by atoms with Crippen LogP contribution in [-0.4, -0.2) is 25.4 Å². The zero-order valence-corrected chi connectivity index (χ0v) is 18.9. The molecule has 1 atom stereocenters. The van der Waals surface area contributed by atoms with Gasteiger partial charge in [-0.15, -0.1) is 0 Å². The van der Waals surface area contributed by atoms with Crippen LogP contribution < -0.4 is 4.74 Å². The van der Waals surface area contributed by atoms with Crippen LogP contribution in [0.2, 0.25) is 5.02 Å². The fourth-order valence-electron chi connectivity index (χ4n) is 3.26. The lowest BCUT2D eigenvalue weighted by atomic mass is 9.88. The van der Waals surface area contributed by atoms with Crippen molar-refractivity contribution in [2.24, 2.45) is 5.92 Å². The number of hydrogen-bond acceptors (Lipinski definition) is 3. The lowest BCUT2D eigenvalue weighted by molar-refractivity contribution is -0.153. The molecular weight excluding hydrogens is 474 g/mol. The predicted octanol–water partition coefficient (Wildman–Crippen LogP) is 7.66. The Morgan fingerprint density at radius 1 is 1.03 bits per heavy atom. The van der Waals surface area contributed by atoms with Gasteiger partial charge in [0, 0.05) is 5.56 Å². The van der Waals surface area contributed by atoms with Crippen molar-refractivity contribution in [2.75, 3.05) is 13.2 Å². The molecule has 0 spiro atoms. The summed E-state index contributed by atoms with van der Waals surface area (Å²) in [5, 5.41) is -0.0671. The van der Waals surface area contributed by atoms with E-state index in [4.69, 9.17) is 21.1 Å². The van der Waals surface area contributed by atoms with Crippen LogP contribution in [0.3, 0.4) is 0 Å². The fraction of sp³-hybridized carbons (Fsp3) is 0.435. The van der Waals surface area contributed by atoms with Crippen LogP contribution in [0.25, 0.3) is 11.1 Å². The van der Waals surface area contributed by atoms with Crippen molar-refractivity contribution in [2.45, 2.75) is 45.5 Å². The summed E-state index contributed by atoms with van der Waals surface area (Å²) >= 11 is 6.38. The third-order valence-corrected chi connectivity index (χ3v) is 4.95. The molecule has 0 aliphatic carbocycles. The Hall–Kier alpha value is -2.42. The van der Waals surface area contributed by atoms with Gasteiger partial charge in [-0.05, 0) is 54.7 Å². The highest BCUT2D eigenvalue weighted by Crippen LogP contribution is 2.42. The van der Waals surface area contributed by atoms with Crippen LogP contribution in [0.5, 0.6) is 5.75 Å². The maximum absolute atomic E-state index is 12.9. The Bertz CT molecular complexity index is 952. The Morgan fingerprint density at radius 3 is 2.12 bits per heavy atom. The second kappa shape index (κ2) is 10.7. The summed E-state index contributed by atoms with van der Waals surface area (Å²) < 4.78 is 87.4. The smallest absolute Gasteiger partial charge is 0.422 e. The minimum Gasteiger partial charge on any atom is -0.483 e. The molecular formula is C23H23ClF6O3. The molecule has 10 heteroatoms. The van der Waals surface area contributed by atoms with Gasteiger partial charge >= 0.3 is 18.3 Å². The Morgan fingerprint density at radius 2 is 1.64 bits per heavy atom. The topological polar surface area (TPSA) is 35.5 Å². The maximum Gasteiger partial charge on any atom is 0.422 e. The second-order valence-corrected chi connectivity index (χ2v) is 8.20. The van der Waals surface area contributed by atoms with E-state index in [0.717, 1.165) is 24.3 Å². The van der Waals surface area contributed by atoms with Crippen molar-refractivity contribution in [3.05, 3.63) is 52.5 Å². The summed E-state index contributed by atoms with van der Waals surface area (Å²) in [6.07, 6.45) is -8.91. The van der Waals surface area contributed by atoms with Crippen molar-refractivity contribution >= 4 is 17.6 Å². The summed E-state index contributed by atoms with van der Waals surface area (Å²) in [5.74, 6) is -1.62. The molecule has 2 rings (SSSR count). The van der Waals surface area contributed by atoms with Crippen LogP contribution in [0, 0.1) is 5.92 Å². The lowest BCUT2D eigenvalue weighted by Gasteiger charge is -2.22. The fourth-order valence-corrected chi connectivity index (χ4v) is 3.59. The standard InChI is InChI=1S/C23H23ClF6O3/c1-4-32-21(31)17(9-13(2)3)15-10-18(24)20(19(11-15)33-12-22(25,26)27)14-5-7-16(8-6-14)23(28,29)30/h5-8,10-11,13,17H,4,9,12H2,1-3H3. The highest BCUT2D eigenvalue weighted by atomic mass is 35.5. The summed E-state index contributed by atoms with van der Waals surface area (Å²) in [6, 6.07) is 6.45. The van der Waals surface area contributed by atoms with Gasteiger partial charge < -0.3 is 9.47 Å². The van der Waals surface area contributed by atoms with Crippen molar-refractivity contribution < 1.29 is 40.6 Å². The van der Waals surface area contributed by atoms with Crippen molar-refractivity contribution in [3.8, 4) is 16.9 Å². The zero-order chi connectivity index (χ0) is 25.0. The van der Waals surface area contributed by atoms with E-state index in [2.05, 4.69) is 0 Å². The number of benzene rings is 2. The normalized spacial score (nSPS) is 13.2. The third-order valence-electron chi connectivity index (χ3n) is 4.65. The van der Waals surface area contributed by atoms with E-state index in [9.17, 15) is 31.1 Å². The number of alkyl halides is 6. The van der Waals surface area contributed by atoms with Crippen molar-refractivity contribution in [3.63, 3.8) is 0 Å². The molecule has 0 aliphatic heterocycles. The molecule has 0 heterocycles. The van der Waals surface area contributed by atoms with Gasteiger partial charge in [-0.25, -0.2) is 0 Å². The number of carbonyl (C=O) groups excluding carboxylic acids is 1. The van der Waals surface area contributed by atoms with Crippen LogP contribution in [-0.2, 0) is 15.7 Å². The zero-order valence-electron chi connectivity index (χ0n) is 18.1. The highest BCUT2D eigenvalue weighted by Gasteiger charge is 2.32. The molecule has 0 saturated carbocycles. The first kappa shape index (κ1) is 26.8. The molecule has 0 radical (unpaired) electrons. The molecule has 0 amide bonds. The first-order chi connectivity index (χ1) is 15.2. The van der Waals surface area contributed by atoms with Gasteiger partial charge in [0.05, 0.1) is 23.1 Å². The molecule has 0 fully saturated rings. The van der Waals surface area contributed by atoms with Gasteiger partial charge in [-0.3, -0.25) is 4.79 Å². The largest absolute Gasteiger partial charge is 0.483 e. The van der Waals surface area contributed by atoms with Gasteiger partial charge in [0.15, 0.2) is 6.61 Å². The predicted molar refractivity (Wildman–Crippen MR) is 112 cm³/mol. The average Bonchev–Trinajstić information content (AvgIpc) is 2.69. The van der Waals surface area contributed by atoms with E-state index >= 15 is 0 Å². The molecule has 33 heavy (non-hydrogen) atoms. The summed E-state index contributed by atoms with van der Waals surface area (Å²) in [4.78, 5) is 12.5. The summed E-state index contributed by atoms with van der Waals surface area (Å²) in [6.45, 7) is 3.83. The maximum atomic E-state index is 12.9. The molecule has 1 unspecified atom stereocenters. The van der Waals surface area contributed by atoms with Crippen LogP contribution in [0.1, 0.15) is 44.2 Å². The summed E-state index contributed by atoms with van der Waals surface area (Å²) in [5.41, 5.74) is -0.505. The molecule has 0 saturated heterocycles. The lowest BCUT2D eigenvalue weighted by Crippen LogP contribution is -2.20. The molecule has 0 aromatic heterocycles. The van der Waals surface area contributed by atoms with E-state index < -0.39 is 36.4 Å². The van der Waals surface area contributed by atoms with Crippen molar-refractivity contribution in [1.29, 1.82) is 0 Å². The van der Waals surface area contributed by atoms with Gasteiger partial charge in [0.2, 0.25) is 0 Å². The third kappa shape index (κ3) is 7.55. The minimum absolute atomic E-state index is 0.00875. The molecule has 182 valence electrons.